The van der Waals surface area contributed by atoms with Crippen LogP contribution in [0, 0.1) is 0 Å². The molecule has 0 saturated carbocycles. The smallest absolute Gasteiger partial charge is 0.326 e. The van der Waals surface area contributed by atoms with Gasteiger partial charge in [-0.25, -0.2) is 4.79 Å². The summed E-state index contributed by atoms with van der Waals surface area (Å²) in [5, 5.41) is 33.8. The predicted octanol–water partition coefficient (Wildman–Crippen LogP) is -1.20. The van der Waals surface area contributed by atoms with Gasteiger partial charge in [-0.3, -0.25) is 24.0 Å². The SMILES string of the molecule is CSCCC(N)C(=O)NC(Cc1ccccc1)C(=O)NC(CC(=O)O)C(=O)NC(CC(=O)O)C(=O)O. The van der Waals surface area contributed by atoms with E-state index in [4.69, 9.17) is 15.9 Å². The summed E-state index contributed by atoms with van der Waals surface area (Å²) in [6.07, 6.45) is 0.295. The fourth-order valence-electron chi connectivity index (χ4n) is 3.02. The highest BCUT2D eigenvalue weighted by atomic mass is 32.2. The summed E-state index contributed by atoms with van der Waals surface area (Å²) in [6, 6.07) is 2.84. The number of nitrogens with two attached hydrogens (primary N) is 1. The van der Waals surface area contributed by atoms with Gasteiger partial charge in [0.2, 0.25) is 17.7 Å². The lowest BCUT2D eigenvalue weighted by Gasteiger charge is -2.24. The molecular formula is C22H30N4O9S. The van der Waals surface area contributed by atoms with Gasteiger partial charge < -0.3 is 37.0 Å². The van der Waals surface area contributed by atoms with E-state index in [9.17, 15) is 33.9 Å². The Hall–Kier alpha value is -3.65. The molecule has 8 N–H and O–H groups in total. The summed E-state index contributed by atoms with van der Waals surface area (Å²) in [5.41, 5.74) is 6.54. The Morgan fingerprint density at radius 1 is 0.806 bits per heavy atom. The number of carbonyl (C=O) groups is 6. The fraction of sp³-hybridized carbons (Fsp3) is 0.455. The van der Waals surface area contributed by atoms with Crippen LogP contribution in [0.1, 0.15) is 24.8 Å². The number of benzene rings is 1. The number of hydrogen-bond donors (Lipinski definition) is 7. The van der Waals surface area contributed by atoms with E-state index in [1.165, 1.54) is 11.8 Å². The first-order valence-electron chi connectivity index (χ1n) is 10.8. The van der Waals surface area contributed by atoms with Gasteiger partial charge in [-0.1, -0.05) is 30.3 Å². The quantitative estimate of drug-likeness (QED) is 0.135. The van der Waals surface area contributed by atoms with E-state index in [1.807, 2.05) is 11.6 Å². The van der Waals surface area contributed by atoms with Crippen LogP contribution in [0.15, 0.2) is 30.3 Å². The molecule has 0 aliphatic heterocycles. The Morgan fingerprint density at radius 3 is 1.83 bits per heavy atom. The van der Waals surface area contributed by atoms with Crippen molar-refractivity contribution in [1.82, 2.24) is 16.0 Å². The number of nitrogens with one attached hydrogen (secondary N) is 3. The third kappa shape index (κ3) is 11.2. The Morgan fingerprint density at radius 2 is 1.31 bits per heavy atom. The van der Waals surface area contributed by atoms with Crippen molar-refractivity contribution in [3.63, 3.8) is 0 Å². The van der Waals surface area contributed by atoms with Crippen molar-refractivity contribution >= 4 is 47.4 Å². The zero-order valence-electron chi connectivity index (χ0n) is 19.5. The van der Waals surface area contributed by atoms with Gasteiger partial charge in [-0.15, -0.1) is 0 Å². The number of aliphatic carboxylic acids is 3. The molecule has 0 fully saturated rings. The average Bonchev–Trinajstić information content (AvgIpc) is 2.80. The molecule has 0 aliphatic rings. The summed E-state index contributed by atoms with van der Waals surface area (Å²) >= 11 is 1.48. The van der Waals surface area contributed by atoms with Crippen molar-refractivity contribution in [3.05, 3.63) is 35.9 Å². The van der Waals surface area contributed by atoms with Crippen LogP contribution in [0.4, 0.5) is 0 Å². The molecule has 4 atom stereocenters. The van der Waals surface area contributed by atoms with Crippen molar-refractivity contribution in [2.24, 2.45) is 5.73 Å². The second kappa shape index (κ2) is 15.4. The minimum Gasteiger partial charge on any atom is -0.481 e. The van der Waals surface area contributed by atoms with Crippen molar-refractivity contribution in [2.75, 3.05) is 12.0 Å². The molecule has 198 valence electrons. The lowest BCUT2D eigenvalue weighted by molar-refractivity contribution is -0.148. The van der Waals surface area contributed by atoms with E-state index in [1.54, 1.807) is 30.3 Å². The molecule has 0 aliphatic carbocycles. The molecule has 36 heavy (non-hydrogen) atoms. The van der Waals surface area contributed by atoms with Crippen LogP contribution < -0.4 is 21.7 Å². The molecule has 0 saturated heterocycles. The minimum atomic E-state index is -1.85. The Bertz CT molecular complexity index is 945. The lowest BCUT2D eigenvalue weighted by atomic mass is 10.0. The summed E-state index contributed by atoms with van der Waals surface area (Å²) in [4.78, 5) is 71.6. The monoisotopic (exact) mass is 526 g/mol. The van der Waals surface area contributed by atoms with E-state index in [0.717, 1.165) is 0 Å². The highest BCUT2D eigenvalue weighted by Crippen LogP contribution is 2.07. The highest BCUT2D eigenvalue weighted by molar-refractivity contribution is 7.98. The topological polar surface area (TPSA) is 225 Å². The van der Waals surface area contributed by atoms with Crippen molar-refractivity contribution in [2.45, 2.75) is 49.9 Å². The molecule has 0 radical (unpaired) electrons. The first kappa shape index (κ1) is 30.4. The maximum atomic E-state index is 13.1. The first-order chi connectivity index (χ1) is 16.9. The van der Waals surface area contributed by atoms with Crippen molar-refractivity contribution in [3.8, 4) is 0 Å². The van der Waals surface area contributed by atoms with Gasteiger partial charge in [0.05, 0.1) is 18.9 Å². The van der Waals surface area contributed by atoms with Gasteiger partial charge in [-0.05, 0) is 24.0 Å². The average molecular weight is 527 g/mol. The standard InChI is InChI=1S/C22H30N4O9S/c1-36-8-7-13(23)19(31)24-14(9-12-5-3-2-4-6-12)20(32)25-15(10-17(27)28)21(33)26-16(22(34)35)11-18(29)30/h2-6,13-16H,7-11,23H2,1H3,(H,24,31)(H,25,32)(H,26,33)(H,27,28)(H,29,30)(H,34,35). The lowest BCUT2D eigenvalue weighted by Crippen LogP contribution is -2.58. The summed E-state index contributed by atoms with van der Waals surface area (Å²) in [5.74, 6) is -6.78. The number of hydrogen-bond acceptors (Lipinski definition) is 8. The molecule has 14 heteroatoms. The maximum Gasteiger partial charge on any atom is 0.326 e. The molecule has 0 heterocycles. The van der Waals surface area contributed by atoms with Gasteiger partial charge in [-0.2, -0.15) is 11.8 Å². The molecule has 0 aromatic heterocycles. The molecule has 1 aromatic carbocycles. The van der Waals surface area contributed by atoms with Crippen molar-refractivity contribution < 1.29 is 44.1 Å². The second-order valence-corrected chi connectivity index (χ2v) is 8.78. The van der Waals surface area contributed by atoms with E-state index in [0.29, 0.717) is 17.7 Å². The van der Waals surface area contributed by atoms with E-state index in [-0.39, 0.29) is 6.42 Å². The number of thioether (sulfide) groups is 1. The molecule has 1 rings (SSSR count). The number of carboxylic acids is 3. The number of amides is 3. The second-order valence-electron chi connectivity index (χ2n) is 7.80. The van der Waals surface area contributed by atoms with Gasteiger partial charge in [0.1, 0.15) is 18.1 Å². The number of rotatable bonds is 16. The van der Waals surface area contributed by atoms with E-state index < -0.39 is 72.6 Å². The van der Waals surface area contributed by atoms with Gasteiger partial charge in [0.25, 0.3) is 0 Å². The predicted molar refractivity (Wildman–Crippen MR) is 129 cm³/mol. The van der Waals surface area contributed by atoms with Crippen LogP contribution in [0.25, 0.3) is 0 Å². The van der Waals surface area contributed by atoms with Crippen LogP contribution in [-0.4, -0.2) is 87.1 Å². The zero-order valence-corrected chi connectivity index (χ0v) is 20.3. The van der Waals surface area contributed by atoms with Gasteiger partial charge >= 0.3 is 17.9 Å². The van der Waals surface area contributed by atoms with E-state index in [2.05, 4.69) is 10.6 Å². The molecule has 1 aromatic rings. The van der Waals surface area contributed by atoms with Crippen LogP contribution in [0.2, 0.25) is 0 Å². The Labute approximate surface area is 211 Å². The molecule has 0 bridgehead atoms. The highest BCUT2D eigenvalue weighted by Gasteiger charge is 2.32. The Kier molecular flexibility index (Phi) is 13.0. The number of carbonyl (C=O) groups excluding carboxylic acids is 3. The summed E-state index contributed by atoms with van der Waals surface area (Å²) < 4.78 is 0. The van der Waals surface area contributed by atoms with Crippen LogP contribution in [-0.2, 0) is 35.2 Å². The molecule has 4 unspecified atom stereocenters. The molecule has 13 nitrogen and oxygen atoms in total. The number of carboxylic acid groups (broad SMARTS) is 3. The summed E-state index contributed by atoms with van der Waals surface area (Å²) in [6.45, 7) is 0. The largest absolute Gasteiger partial charge is 0.481 e. The van der Waals surface area contributed by atoms with E-state index >= 15 is 0 Å². The van der Waals surface area contributed by atoms with Crippen LogP contribution >= 0.6 is 11.8 Å². The zero-order chi connectivity index (χ0) is 27.3. The first-order valence-corrected chi connectivity index (χ1v) is 12.2. The fourth-order valence-corrected chi connectivity index (χ4v) is 3.51. The van der Waals surface area contributed by atoms with Gasteiger partial charge in [0, 0.05) is 6.42 Å². The molecule has 3 amide bonds. The van der Waals surface area contributed by atoms with Crippen LogP contribution in [0.3, 0.4) is 0 Å². The summed E-state index contributed by atoms with van der Waals surface area (Å²) in [7, 11) is 0. The van der Waals surface area contributed by atoms with Crippen LogP contribution in [0.5, 0.6) is 0 Å². The third-order valence-electron chi connectivity index (χ3n) is 4.89. The normalized spacial score (nSPS) is 13.9. The maximum absolute atomic E-state index is 13.1. The minimum absolute atomic E-state index is 0.00810. The molecular weight excluding hydrogens is 496 g/mol. The van der Waals surface area contributed by atoms with Gasteiger partial charge in [0.15, 0.2) is 0 Å². The Balaban J connectivity index is 3.10. The third-order valence-corrected chi connectivity index (χ3v) is 5.53. The van der Waals surface area contributed by atoms with Crippen molar-refractivity contribution in [1.29, 1.82) is 0 Å². The molecule has 0 spiro atoms.